The van der Waals surface area contributed by atoms with Crippen LogP contribution in [0.4, 0.5) is 4.39 Å². The molecule has 2 aromatic rings. The van der Waals surface area contributed by atoms with E-state index in [0.29, 0.717) is 5.56 Å². The number of nitrogens with one attached hydrogen (secondary N) is 1. The second-order valence-electron chi connectivity index (χ2n) is 4.91. The molecule has 2 heterocycles. The van der Waals surface area contributed by atoms with Crippen LogP contribution in [0.5, 0.6) is 5.75 Å². The fourth-order valence-corrected chi connectivity index (χ4v) is 2.65. The largest absolute Gasteiger partial charge is 0.508 e. The normalized spacial score (nSPS) is 18.1. The monoisotopic (exact) mass is 276 g/mol. The van der Waals surface area contributed by atoms with Crippen molar-refractivity contribution in [2.75, 3.05) is 26.2 Å². The van der Waals surface area contributed by atoms with Crippen LogP contribution in [0, 0.1) is 5.82 Å². The highest BCUT2D eigenvalue weighted by atomic mass is 19.1. The van der Waals surface area contributed by atoms with Crippen LogP contribution >= 0.6 is 0 Å². The maximum absolute atomic E-state index is 14.2. The third kappa shape index (κ3) is 2.55. The van der Waals surface area contributed by atoms with Crippen LogP contribution in [-0.2, 0) is 0 Å². The lowest BCUT2D eigenvalue weighted by Gasteiger charge is -2.34. The molecule has 1 atom stereocenters. The predicted octanol–water partition coefficient (Wildman–Crippen LogP) is 2.12. The Kier molecular flexibility index (Phi) is 3.71. The van der Waals surface area contributed by atoms with Crippen LogP contribution in [0.3, 0.4) is 0 Å². The Bertz CT molecular complexity index is 565. The number of halogens is 1. The molecule has 1 aromatic carbocycles. The number of phenols is 1. The standard InChI is InChI=1S/C15H17FN2O2/c16-13-10-11(19)3-4-12(13)15(14-2-1-9-20-14)18-7-5-17-6-8-18/h1-4,9-10,15,17,19H,5-8H2/t15-/m0/s1. The lowest BCUT2D eigenvalue weighted by molar-refractivity contribution is 0.177. The number of hydrogen-bond acceptors (Lipinski definition) is 4. The number of aromatic hydroxyl groups is 1. The van der Waals surface area contributed by atoms with Crippen molar-refractivity contribution in [1.82, 2.24) is 10.2 Å². The van der Waals surface area contributed by atoms with Gasteiger partial charge in [-0.05, 0) is 18.2 Å². The van der Waals surface area contributed by atoms with Gasteiger partial charge in [0, 0.05) is 37.8 Å². The molecule has 1 aliphatic rings. The highest BCUT2D eigenvalue weighted by Crippen LogP contribution is 2.32. The van der Waals surface area contributed by atoms with Crippen molar-refractivity contribution in [2.45, 2.75) is 6.04 Å². The first-order chi connectivity index (χ1) is 9.75. The summed E-state index contributed by atoms with van der Waals surface area (Å²) in [6.07, 6.45) is 1.60. The van der Waals surface area contributed by atoms with E-state index < -0.39 is 5.82 Å². The van der Waals surface area contributed by atoms with Crippen LogP contribution < -0.4 is 5.32 Å². The van der Waals surface area contributed by atoms with E-state index in [4.69, 9.17) is 4.42 Å². The van der Waals surface area contributed by atoms with Crippen molar-refractivity contribution >= 4 is 0 Å². The van der Waals surface area contributed by atoms with E-state index in [2.05, 4.69) is 10.2 Å². The molecule has 0 radical (unpaired) electrons. The summed E-state index contributed by atoms with van der Waals surface area (Å²) < 4.78 is 19.7. The molecule has 0 spiro atoms. The van der Waals surface area contributed by atoms with Gasteiger partial charge in [0.25, 0.3) is 0 Å². The number of hydrogen-bond donors (Lipinski definition) is 2. The van der Waals surface area contributed by atoms with Gasteiger partial charge in [-0.2, -0.15) is 0 Å². The Morgan fingerprint density at radius 2 is 2.05 bits per heavy atom. The van der Waals surface area contributed by atoms with E-state index in [0.717, 1.165) is 38.0 Å². The summed E-state index contributed by atoms with van der Waals surface area (Å²) in [5.41, 5.74) is 0.527. The summed E-state index contributed by atoms with van der Waals surface area (Å²) in [6, 6.07) is 7.69. The summed E-state index contributed by atoms with van der Waals surface area (Å²) in [4.78, 5) is 2.19. The molecular formula is C15H17FN2O2. The zero-order valence-electron chi connectivity index (χ0n) is 11.1. The van der Waals surface area contributed by atoms with E-state index in [1.54, 1.807) is 12.3 Å². The predicted molar refractivity (Wildman–Crippen MR) is 73.1 cm³/mol. The van der Waals surface area contributed by atoms with Gasteiger partial charge in [-0.25, -0.2) is 4.39 Å². The Labute approximate surface area is 116 Å². The third-order valence-corrected chi connectivity index (χ3v) is 3.61. The Balaban J connectivity index is 2.00. The molecule has 106 valence electrons. The maximum Gasteiger partial charge on any atom is 0.132 e. The van der Waals surface area contributed by atoms with Crippen LogP contribution in [-0.4, -0.2) is 36.2 Å². The van der Waals surface area contributed by atoms with Gasteiger partial charge in [0.2, 0.25) is 0 Å². The first-order valence-electron chi connectivity index (χ1n) is 6.72. The maximum atomic E-state index is 14.2. The lowest BCUT2D eigenvalue weighted by Crippen LogP contribution is -2.45. The van der Waals surface area contributed by atoms with Gasteiger partial charge in [0.1, 0.15) is 17.3 Å². The van der Waals surface area contributed by atoms with Crippen LogP contribution in [0.25, 0.3) is 0 Å². The van der Waals surface area contributed by atoms with E-state index in [1.165, 1.54) is 6.07 Å². The fraction of sp³-hybridized carbons (Fsp3) is 0.333. The molecule has 0 aliphatic carbocycles. The van der Waals surface area contributed by atoms with Crippen LogP contribution in [0.15, 0.2) is 41.0 Å². The van der Waals surface area contributed by atoms with Gasteiger partial charge in [-0.15, -0.1) is 0 Å². The van der Waals surface area contributed by atoms with Gasteiger partial charge in [-0.3, -0.25) is 4.90 Å². The molecule has 1 aromatic heterocycles. The minimum absolute atomic E-state index is 0.0650. The van der Waals surface area contributed by atoms with Gasteiger partial charge < -0.3 is 14.8 Å². The Morgan fingerprint density at radius 3 is 2.70 bits per heavy atom. The molecule has 1 aliphatic heterocycles. The van der Waals surface area contributed by atoms with Crippen LogP contribution in [0.1, 0.15) is 17.4 Å². The molecular weight excluding hydrogens is 259 g/mol. The first kappa shape index (κ1) is 13.1. The lowest BCUT2D eigenvalue weighted by atomic mass is 10.0. The molecule has 2 N–H and O–H groups in total. The molecule has 4 nitrogen and oxygen atoms in total. The molecule has 1 fully saturated rings. The average Bonchev–Trinajstić information content (AvgIpc) is 2.97. The molecule has 1 saturated heterocycles. The van der Waals surface area contributed by atoms with Crippen molar-refractivity contribution in [1.29, 1.82) is 0 Å². The SMILES string of the molecule is Oc1ccc([C@@H](c2ccco2)N2CCNCC2)c(F)c1. The van der Waals surface area contributed by atoms with Crippen molar-refractivity contribution in [2.24, 2.45) is 0 Å². The number of nitrogens with zero attached hydrogens (tertiary/aromatic N) is 1. The van der Waals surface area contributed by atoms with Gasteiger partial charge in [0.05, 0.1) is 12.3 Å². The molecule has 0 saturated carbocycles. The summed E-state index contributed by atoms with van der Waals surface area (Å²) in [5.74, 6) is 0.242. The molecule has 5 heteroatoms. The number of furan rings is 1. The van der Waals surface area contributed by atoms with Crippen molar-refractivity contribution < 1.29 is 13.9 Å². The Morgan fingerprint density at radius 1 is 1.25 bits per heavy atom. The highest BCUT2D eigenvalue weighted by Gasteiger charge is 2.28. The third-order valence-electron chi connectivity index (χ3n) is 3.61. The molecule has 0 amide bonds. The smallest absolute Gasteiger partial charge is 0.132 e. The van der Waals surface area contributed by atoms with Crippen molar-refractivity contribution in [3.05, 3.63) is 53.7 Å². The minimum Gasteiger partial charge on any atom is -0.508 e. The second kappa shape index (κ2) is 5.64. The highest BCUT2D eigenvalue weighted by molar-refractivity contribution is 5.33. The average molecular weight is 276 g/mol. The van der Waals surface area contributed by atoms with Crippen molar-refractivity contribution in [3.63, 3.8) is 0 Å². The molecule has 0 bridgehead atoms. The van der Waals surface area contributed by atoms with E-state index in [1.807, 2.05) is 12.1 Å². The van der Waals surface area contributed by atoms with E-state index in [9.17, 15) is 9.50 Å². The Hall–Kier alpha value is -1.85. The van der Waals surface area contributed by atoms with Crippen molar-refractivity contribution in [3.8, 4) is 5.75 Å². The van der Waals surface area contributed by atoms with E-state index >= 15 is 0 Å². The number of rotatable bonds is 3. The zero-order chi connectivity index (χ0) is 13.9. The molecule has 3 rings (SSSR count). The van der Waals surface area contributed by atoms with E-state index in [-0.39, 0.29) is 11.8 Å². The fourth-order valence-electron chi connectivity index (χ4n) is 2.65. The summed E-state index contributed by atoms with van der Waals surface area (Å²) in [6.45, 7) is 3.39. The molecule has 20 heavy (non-hydrogen) atoms. The number of phenolic OH excluding ortho intramolecular Hbond substituents is 1. The molecule has 0 unspecified atom stereocenters. The minimum atomic E-state index is -0.412. The summed E-state index contributed by atoms with van der Waals surface area (Å²) in [5, 5.41) is 12.7. The summed E-state index contributed by atoms with van der Waals surface area (Å²) >= 11 is 0. The zero-order valence-corrected chi connectivity index (χ0v) is 11.1. The first-order valence-corrected chi connectivity index (χ1v) is 6.72. The number of benzene rings is 1. The van der Waals surface area contributed by atoms with Gasteiger partial charge in [0.15, 0.2) is 0 Å². The topological polar surface area (TPSA) is 48.6 Å². The second-order valence-corrected chi connectivity index (χ2v) is 4.91. The van der Waals surface area contributed by atoms with Gasteiger partial charge in [-0.1, -0.05) is 6.07 Å². The number of piperazine rings is 1. The van der Waals surface area contributed by atoms with Gasteiger partial charge >= 0.3 is 0 Å². The quantitative estimate of drug-likeness (QED) is 0.901. The summed E-state index contributed by atoms with van der Waals surface area (Å²) in [7, 11) is 0. The van der Waals surface area contributed by atoms with Crippen LogP contribution in [0.2, 0.25) is 0 Å².